The predicted molar refractivity (Wildman–Crippen MR) is 62.7 cm³/mol. The van der Waals surface area contributed by atoms with Crippen LogP contribution in [-0.4, -0.2) is 38.1 Å². The lowest BCUT2D eigenvalue weighted by Crippen LogP contribution is -2.05. The molecule has 0 saturated carbocycles. The van der Waals surface area contributed by atoms with E-state index in [2.05, 4.69) is 19.9 Å². The van der Waals surface area contributed by atoms with Crippen LogP contribution < -0.4 is 9.47 Å². The number of methoxy groups -OCH3 is 1. The van der Waals surface area contributed by atoms with Gasteiger partial charge in [-0.3, -0.25) is 0 Å². The highest BCUT2D eigenvalue weighted by Crippen LogP contribution is 2.22. The molecular formula is C10H7ClN4O4. The highest BCUT2D eigenvalue weighted by atomic mass is 35.5. The summed E-state index contributed by atoms with van der Waals surface area (Å²) in [5, 5.41) is 8.82. The Bertz CT molecular complexity index is 622. The van der Waals surface area contributed by atoms with Gasteiger partial charge in [-0.05, 0) is 23.7 Å². The number of carbonyl (C=O) groups is 1. The Balaban J connectivity index is 2.36. The quantitative estimate of drug-likeness (QED) is 0.897. The van der Waals surface area contributed by atoms with Crippen LogP contribution in [0.4, 0.5) is 0 Å². The van der Waals surface area contributed by atoms with Crippen molar-refractivity contribution in [3.8, 4) is 17.8 Å². The van der Waals surface area contributed by atoms with Gasteiger partial charge < -0.3 is 14.6 Å². The van der Waals surface area contributed by atoms with Crippen LogP contribution in [0, 0.1) is 0 Å². The molecule has 2 aromatic rings. The Labute approximate surface area is 112 Å². The third-order valence-electron chi connectivity index (χ3n) is 1.92. The average molecular weight is 283 g/mol. The van der Waals surface area contributed by atoms with Gasteiger partial charge in [-0.15, -0.1) is 4.98 Å². The molecule has 2 aromatic heterocycles. The first-order chi connectivity index (χ1) is 9.10. The topological polar surface area (TPSA) is 107 Å². The summed E-state index contributed by atoms with van der Waals surface area (Å²) in [6.07, 6.45) is 1.33. The van der Waals surface area contributed by atoms with Crippen molar-refractivity contribution in [1.82, 2.24) is 19.9 Å². The summed E-state index contributed by atoms with van der Waals surface area (Å²) < 4.78 is 10.0. The van der Waals surface area contributed by atoms with Crippen LogP contribution >= 0.6 is 11.6 Å². The van der Waals surface area contributed by atoms with Gasteiger partial charge in [0.1, 0.15) is 0 Å². The summed E-state index contributed by atoms with van der Waals surface area (Å²) in [5.74, 6) is -1.25. The summed E-state index contributed by atoms with van der Waals surface area (Å²) in [7, 11) is 1.35. The van der Waals surface area contributed by atoms with Crippen LogP contribution in [0.5, 0.6) is 17.8 Å². The van der Waals surface area contributed by atoms with E-state index in [-0.39, 0.29) is 28.7 Å². The minimum atomic E-state index is -1.23. The molecule has 0 bridgehead atoms. The fraction of sp³-hybridized carbons (Fsp3) is 0.100. The van der Waals surface area contributed by atoms with Gasteiger partial charge in [0.05, 0.1) is 7.11 Å². The Hall–Kier alpha value is -2.48. The minimum absolute atomic E-state index is 0.0145. The van der Waals surface area contributed by atoms with Gasteiger partial charge >= 0.3 is 18.0 Å². The van der Waals surface area contributed by atoms with E-state index in [0.717, 1.165) is 0 Å². The molecule has 0 aliphatic rings. The smallest absolute Gasteiger partial charge is 0.358 e. The summed E-state index contributed by atoms with van der Waals surface area (Å²) in [6.45, 7) is 0. The molecule has 0 fully saturated rings. The highest BCUT2D eigenvalue weighted by Gasteiger charge is 2.15. The molecule has 98 valence electrons. The lowest BCUT2D eigenvalue weighted by atomic mass is 10.3. The van der Waals surface area contributed by atoms with E-state index in [1.807, 2.05) is 0 Å². The minimum Gasteiger partial charge on any atom is -0.476 e. The number of hydrogen-bond donors (Lipinski definition) is 1. The highest BCUT2D eigenvalue weighted by molar-refractivity contribution is 6.28. The van der Waals surface area contributed by atoms with Crippen molar-refractivity contribution in [3.05, 3.63) is 29.3 Å². The Morgan fingerprint density at radius 2 is 2.05 bits per heavy atom. The molecule has 2 heterocycles. The van der Waals surface area contributed by atoms with Crippen molar-refractivity contribution in [2.75, 3.05) is 7.11 Å². The number of ether oxygens (including phenoxy) is 2. The molecule has 1 N–H and O–H groups in total. The van der Waals surface area contributed by atoms with Crippen molar-refractivity contribution < 1.29 is 19.4 Å². The molecule has 2 rings (SSSR count). The molecule has 0 radical (unpaired) electrons. The number of pyridine rings is 1. The number of halogens is 1. The van der Waals surface area contributed by atoms with Gasteiger partial charge in [0.2, 0.25) is 5.28 Å². The van der Waals surface area contributed by atoms with Gasteiger partial charge in [-0.25, -0.2) is 9.78 Å². The van der Waals surface area contributed by atoms with E-state index < -0.39 is 5.97 Å². The lowest BCUT2D eigenvalue weighted by molar-refractivity contribution is 0.0687. The zero-order valence-corrected chi connectivity index (χ0v) is 10.3. The van der Waals surface area contributed by atoms with Crippen LogP contribution in [0.1, 0.15) is 10.5 Å². The largest absolute Gasteiger partial charge is 0.476 e. The van der Waals surface area contributed by atoms with Crippen molar-refractivity contribution in [3.63, 3.8) is 0 Å². The van der Waals surface area contributed by atoms with Crippen molar-refractivity contribution >= 4 is 17.6 Å². The van der Waals surface area contributed by atoms with Crippen molar-refractivity contribution in [1.29, 1.82) is 0 Å². The molecule has 0 saturated heterocycles. The third kappa shape index (κ3) is 3.05. The molecule has 0 aromatic carbocycles. The van der Waals surface area contributed by atoms with Crippen LogP contribution in [0.3, 0.4) is 0 Å². The standard InChI is InChI=1S/C10H7ClN4O4/c1-18-9-13-8(11)14-10(15-9)19-5-3-2-4-12-6(5)7(16)17/h2-4H,1H3,(H,16,17). The van der Waals surface area contributed by atoms with Crippen molar-refractivity contribution in [2.45, 2.75) is 0 Å². The molecule has 0 aliphatic carbocycles. The number of carboxylic acids is 1. The number of hydrogen-bond acceptors (Lipinski definition) is 7. The van der Waals surface area contributed by atoms with Gasteiger partial charge in [-0.1, -0.05) is 0 Å². The molecule has 19 heavy (non-hydrogen) atoms. The van der Waals surface area contributed by atoms with Crippen LogP contribution in [0.2, 0.25) is 5.28 Å². The SMILES string of the molecule is COc1nc(Cl)nc(Oc2cccnc2C(=O)O)n1. The fourth-order valence-corrected chi connectivity index (χ4v) is 1.33. The summed E-state index contributed by atoms with van der Waals surface area (Å²) in [5.41, 5.74) is -0.266. The van der Waals surface area contributed by atoms with Gasteiger partial charge in [-0.2, -0.15) is 9.97 Å². The van der Waals surface area contributed by atoms with Crippen LogP contribution in [-0.2, 0) is 0 Å². The molecule has 8 nitrogen and oxygen atoms in total. The number of rotatable bonds is 4. The number of carboxylic acid groups (broad SMARTS) is 1. The second-order valence-corrected chi connectivity index (χ2v) is 3.47. The summed E-state index contributed by atoms with van der Waals surface area (Å²) >= 11 is 5.64. The Morgan fingerprint density at radius 3 is 2.74 bits per heavy atom. The lowest BCUT2D eigenvalue weighted by Gasteiger charge is -2.06. The maximum Gasteiger partial charge on any atom is 0.358 e. The first kappa shape index (κ1) is 13.0. The Kier molecular flexibility index (Phi) is 3.71. The molecule has 0 aliphatic heterocycles. The molecular weight excluding hydrogens is 276 g/mol. The maximum absolute atomic E-state index is 11.0. The predicted octanol–water partition coefficient (Wildman–Crippen LogP) is 1.42. The normalized spacial score (nSPS) is 10.0. The first-order valence-corrected chi connectivity index (χ1v) is 5.29. The maximum atomic E-state index is 11.0. The number of aromatic nitrogens is 4. The molecule has 0 atom stereocenters. The summed E-state index contributed by atoms with van der Waals surface area (Å²) in [4.78, 5) is 25.8. The van der Waals surface area contributed by atoms with Gasteiger partial charge in [0, 0.05) is 6.20 Å². The van der Waals surface area contributed by atoms with Crippen LogP contribution in [0.25, 0.3) is 0 Å². The van der Waals surface area contributed by atoms with E-state index in [9.17, 15) is 4.79 Å². The number of aromatic carboxylic acids is 1. The van der Waals surface area contributed by atoms with E-state index in [0.29, 0.717) is 0 Å². The average Bonchev–Trinajstić information content (AvgIpc) is 2.38. The molecule has 0 spiro atoms. The van der Waals surface area contributed by atoms with Crippen LogP contribution in [0.15, 0.2) is 18.3 Å². The van der Waals surface area contributed by atoms with E-state index in [1.54, 1.807) is 0 Å². The Morgan fingerprint density at radius 1 is 1.32 bits per heavy atom. The molecule has 0 unspecified atom stereocenters. The zero-order chi connectivity index (χ0) is 13.8. The third-order valence-corrected chi connectivity index (χ3v) is 2.09. The number of nitrogens with zero attached hydrogens (tertiary/aromatic N) is 4. The molecule has 0 amide bonds. The van der Waals surface area contributed by atoms with E-state index >= 15 is 0 Å². The van der Waals surface area contributed by atoms with Crippen molar-refractivity contribution in [2.24, 2.45) is 0 Å². The van der Waals surface area contributed by atoms with E-state index in [1.165, 1.54) is 25.4 Å². The molecule has 9 heteroatoms. The van der Waals surface area contributed by atoms with Gasteiger partial charge in [0.15, 0.2) is 11.4 Å². The zero-order valence-electron chi connectivity index (χ0n) is 9.57. The second kappa shape index (κ2) is 5.44. The van der Waals surface area contributed by atoms with Gasteiger partial charge in [0.25, 0.3) is 0 Å². The second-order valence-electron chi connectivity index (χ2n) is 3.13. The monoisotopic (exact) mass is 282 g/mol. The first-order valence-electron chi connectivity index (χ1n) is 4.92. The summed E-state index contributed by atoms with van der Waals surface area (Å²) in [6, 6.07) is 2.70. The fourth-order valence-electron chi connectivity index (χ4n) is 1.18. The van der Waals surface area contributed by atoms with E-state index in [4.69, 9.17) is 26.2 Å².